The standard InChI is InChI=1S/C15H21N5O4S/c21-13(11-8-16-6-9-7-17-19-12(9)11)18-15(4-1-5-15)14(22)20-25(23,24)10-2-3-10/h7,10-11,16H,1-6,8H2,(H,17,19)(H,18,21)(H,20,22,23,24)/p+1. The fraction of sp³-hybridized carbons (Fsp3) is 0.667. The molecule has 2 unspecified atom stereocenters. The maximum Gasteiger partial charge on any atom is 0.370 e. The van der Waals surface area contributed by atoms with Crippen molar-refractivity contribution in [3.05, 3.63) is 17.5 Å². The molecule has 2 fully saturated rings. The molecule has 9 nitrogen and oxygen atoms in total. The van der Waals surface area contributed by atoms with Gasteiger partial charge in [0.1, 0.15) is 10.8 Å². The van der Waals surface area contributed by atoms with Gasteiger partial charge in [0.15, 0.2) is 0 Å². The topological polar surface area (TPSA) is 137 Å². The Morgan fingerprint density at radius 1 is 1.36 bits per heavy atom. The van der Waals surface area contributed by atoms with E-state index in [1.165, 1.54) is 0 Å². The number of hydrogen-bond donors (Lipinski definition) is 4. The Morgan fingerprint density at radius 3 is 2.76 bits per heavy atom. The Morgan fingerprint density at radius 2 is 2.12 bits per heavy atom. The van der Waals surface area contributed by atoms with E-state index in [9.17, 15) is 18.0 Å². The van der Waals surface area contributed by atoms with Crippen LogP contribution in [0.3, 0.4) is 0 Å². The highest BCUT2D eigenvalue weighted by atomic mass is 32.2. The van der Waals surface area contributed by atoms with Crippen LogP contribution < -0.4 is 15.4 Å². The molecule has 2 heterocycles. The number of amides is 2. The summed E-state index contributed by atoms with van der Waals surface area (Å²) in [5.41, 5.74) is 0.607. The molecule has 10 heteroatoms. The van der Waals surface area contributed by atoms with Gasteiger partial charge in [0, 0.05) is 18.7 Å². The number of rotatable bonds is 5. The second-order valence-corrected chi connectivity index (χ2v) is 9.12. The van der Waals surface area contributed by atoms with E-state index in [0.717, 1.165) is 17.7 Å². The molecule has 0 saturated heterocycles. The van der Waals surface area contributed by atoms with E-state index in [1.807, 2.05) is 0 Å². The van der Waals surface area contributed by atoms with Crippen LogP contribution in [0.4, 0.5) is 0 Å². The third kappa shape index (κ3) is 2.93. The largest absolute Gasteiger partial charge is 0.370 e. The van der Waals surface area contributed by atoms with Crippen LogP contribution in [0.1, 0.15) is 49.3 Å². The van der Waals surface area contributed by atoms with Crippen molar-refractivity contribution in [3.63, 3.8) is 0 Å². The van der Waals surface area contributed by atoms with Crippen molar-refractivity contribution < 1.29 is 18.0 Å². The molecule has 1 aliphatic heterocycles. The van der Waals surface area contributed by atoms with E-state index in [4.69, 9.17) is 0 Å². The quantitative estimate of drug-likeness (QED) is 0.514. The van der Waals surface area contributed by atoms with Gasteiger partial charge in [0.25, 0.3) is 5.91 Å². The zero-order valence-corrected chi connectivity index (χ0v) is 14.5. The highest BCUT2D eigenvalue weighted by molar-refractivity contribution is 7.91. The van der Waals surface area contributed by atoms with Crippen molar-refractivity contribution in [3.8, 4) is 0 Å². The summed E-state index contributed by atoms with van der Waals surface area (Å²) in [4.78, 5) is 25.4. The van der Waals surface area contributed by atoms with Gasteiger partial charge < -0.3 is 10.6 Å². The molecule has 136 valence electrons. The summed E-state index contributed by atoms with van der Waals surface area (Å²) in [5.74, 6) is -1.29. The minimum Gasteiger partial charge on any atom is -0.341 e. The lowest BCUT2D eigenvalue weighted by molar-refractivity contribution is -0.136. The smallest absolute Gasteiger partial charge is 0.341 e. The molecule has 2 amide bonds. The first-order valence-electron chi connectivity index (χ1n) is 8.54. The van der Waals surface area contributed by atoms with E-state index < -0.39 is 27.4 Å². The minimum absolute atomic E-state index is 0.275. The summed E-state index contributed by atoms with van der Waals surface area (Å²) in [6, 6.07) is 0. The molecule has 1 aromatic rings. The summed E-state index contributed by atoms with van der Waals surface area (Å²) in [5, 5.41) is 12.5. The summed E-state index contributed by atoms with van der Waals surface area (Å²) < 4.78 is 24.4. The van der Waals surface area contributed by atoms with Crippen molar-refractivity contribution in [2.75, 3.05) is 6.54 Å². The normalized spacial score (nSPS) is 26.6. The van der Waals surface area contributed by atoms with Gasteiger partial charge in [0.05, 0.1) is 17.8 Å². The van der Waals surface area contributed by atoms with E-state index in [-0.39, 0.29) is 11.2 Å². The van der Waals surface area contributed by atoms with Crippen LogP contribution in [0.2, 0.25) is 0 Å². The van der Waals surface area contributed by atoms with Gasteiger partial charge >= 0.3 is 10.0 Å². The van der Waals surface area contributed by atoms with E-state index in [2.05, 4.69) is 25.6 Å². The predicted molar refractivity (Wildman–Crippen MR) is 89.0 cm³/mol. The highest BCUT2D eigenvalue weighted by Crippen LogP contribution is 2.35. The van der Waals surface area contributed by atoms with Crippen LogP contribution in [-0.2, 0) is 26.2 Å². The van der Waals surface area contributed by atoms with E-state index >= 15 is 0 Å². The summed E-state index contributed by atoms with van der Waals surface area (Å²) >= 11 is 0. The Kier molecular flexibility index (Phi) is 3.84. The molecule has 25 heavy (non-hydrogen) atoms. The molecule has 0 bridgehead atoms. The van der Waals surface area contributed by atoms with Crippen LogP contribution in [0, 0.1) is 0 Å². The van der Waals surface area contributed by atoms with Crippen LogP contribution in [0.15, 0.2) is 6.20 Å². The lowest BCUT2D eigenvalue weighted by Crippen LogP contribution is -2.64. The fourth-order valence-electron chi connectivity index (χ4n) is 3.40. The van der Waals surface area contributed by atoms with Gasteiger partial charge in [-0.1, -0.05) is 0 Å². The first-order valence-corrected chi connectivity index (χ1v) is 10.1. The number of nitrogens with zero attached hydrogens (tertiary/aromatic N) is 1. The molecular formula is C15H22N5O4S+. The molecule has 0 spiro atoms. The lowest BCUT2D eigenvalue weighted by atomic mass is 9.75. The molecule has 0 radical (unpaired) electrons. The number of fused-ring (bicyclic) bond motifs is 1. The molecule has 5 N–H and O–H groups in total. The summed E-state index contributed by atoms with van der Waals surface area (Å²) in [6.07, 6.45) is 4.71. The maximum absolute atomic E-state index is 12.8. The van der Waals surface area contributed by atoms with Crippen LogP contribution in [0.25, 0.3) is 0 Å². The third-order valence-corrected chi connectivity index (χ3v) is 7.15. The van der Waals surface area contributed by atoms with Crippen LogP contribution >= 0.6 is 0 Å². The van der Waals surface area contributed by atoms with Crippen molar-refractivity contribution in [1.82, 2.24) is 25.6 Å². The molecular weight excluding hydrogens is 346 g/mol. The number of carbonyl (C=O) groups excluding carboxylic acids is 2. The average molecular weight is 368 g/mol. The highest BCUT2D eigenvalue weighted by Gasteiger charge is 2.51. The van der Waals surface area contributed by atoms with E-state index in [1.54, 1.807) is 6.20 Å². The number of aromatic amines is 1. The molecule has 2 saturated carbocycles. The second-order valence-electron chi connectivity index (χ2n) is 7.12. The number of carbonyl (C=O) groups is 2. The molecule has 2 atom stereocenters. The molecule has 4 rings (SSSR count). The number of aromatic nitrogens is 2. The summed E-state index contributed by atoms with van der Waals surface area (Å²) in [6.45, 7) is 1.10. The van der Waals surface area contributed by atoms with Gasteiger partial charge in [-0.15, -0.1) is 0 Å². The fourth-order valence-corrected chi connectivity index (χ4v) is 4.81. The molecule has 3 aliphatic rings. The van der Waals surface area contributed by atoms with E-state index in [0.29, 0.717) is 38.8 Å². The van der Waals surface area contributed by atoms with Crippen molar-refractivity contribution in [2.45, 2.75) is 55.4 Å². The van der Waals surface area contributed by atoms with Gasteiger partial charge in [-0.25, -0.2) is 8.93 Å². The average Bonchev–Trinajstić information content (AvgIpc) is 3.28. The molecule has 1 aromatic heterocycles. The number of H-pyrrole nitrogens is 1. The third-order valence-electron chi connectivity index (χ3n) is 5.30. The second kappa shape index (κ2) is 5.80. The Bertz CT molecular complexity index is 810. The zero-order valence-electron chi connectivity index (χ0n) is 13.7. The monoisotopic (exact) mass is 368 g/mol. The SMILES string of the molecule is O=C(NC1(C(=O)NS(=O)(=[OH+])C2CC2)CCC1)C1CNCc2cn[nH]c21. The Labute approximate surface area is 145 Å². The first kappa shape index (κ1) is 16.5. The first-order chi connectivity index (χ1) is 11.9. The molecule has 0 aromatic carbocycles. The summed E-state index contributed by atoms with van der Waals surface area (Å²) in [7, 11) is -3.38. The minimum atomic E-state index is -3.38. The van der Waals surface area contributed by atoms with Crippen molar-refractivity contribution in [1.29, 1.82) is 0 Å². The van der Waals surface area contributed by atoms with Gasteiger partial charge in [-0.2, -0.15) is 9.31 Å². The predicted octanol–water partition coefficient (Wildman–Crippen LogP) is -0.599. The molecule has 2 aliphatic carbocycles. The number of hydrogen-bond acceptors (Lipinski definition) is 5. The zero-order chi connectivity index (χ0) is 17.7. The maximum atomic E-state index is 12.8. The van der Waals surface area contributed by atoms with Crippen LogP contribution in [-0.4, -0.2) is 47.8 Å². The van der Waals surface area contributed by atoms with Crippen molar-refractivity contribution in [2.24, 2.45) is 0 Å². The number of nitrogens with one attached hydrogen (secondary N) is 4. The van der Waals surface area contributed by atoms with Gasteiger partial charge in [-0.05, 0) is 32.1 Å². The van der Waals surface area contributed by atoms with Crippen molar-refractivity contribution >= 4 is 21.8 Å². The lowest BCUT2D eigenvalue weighted by Gasteiger charge is -2.41. The van der Waals surface area contributed by atoms with Crippen LogP contribution in [0.5, 0.6) is 0 Å². The van der Waals surface area contributed by atoms with Gasteiger partial charge in [0.2, 0.25) is 5.91 Å². The van der Waals surface area contributed by atoms with Gasteiger partial charge in [-0.3, -0.25) is 14.7 Å². The Balaban J connectivity index is 1.48. The Hall–Kier alpha value is -1.94.